The van der Waals surface area contributed by atoms with Crippen molar-refractivity contribution in [3.05, 3.63) is 51.2 Å². The Morgan fingerprint density at radius 2 is 1.93 bits per heavy atom. The summed E-state index contributed by atoms with van der Waals surface area (Å²) in [6.45, 7) is 2.70. The van der Waals surface area contributed by atoms with Crippen LogP contribution in [0.1, 0.15) is 27.8 Å². The van der Waals surface area contributed by atoms with Gasteiger partial charge in [-0.05, 0) is 30.7 Å². The molecule has 0 bridgehead atoms. The van der Waals surface area contributed by atoms with Crippen LogP contribution in [0.2, 0.25) is 0 Å². The molecule has 6 nitrogen and oxygen atoms in total. The van der Waals surface area contributed by atoms with E-state index in [1.807, 2.05) is 37.3 Å². The van der Waals surface area contributed by atoms with Crippen molar-refractivity contribution in [1.82, 2.24) is 0 Å². The van der Waals surface area contributed by atoms with Gasteiger partial charge < -0.3 is 29.9 Å². The Balaban J connectivity index is 1.62. The highest BCUT2D eigenvalue weighted by Crippen LogP contribution is 2.53. The van der Waals surface area contributed by atoms with Crippen molar-refractivity contribution >= 4 is 23.1 Å². The molecular formula is C21H26O6S2. The van der Waals surface area contributed by atoms with E-state index in [4.69, 9.17) is 9.47 Å². The van der Waals surface area contributed by atoms with E-state index in [9.17, 15) is 20.4 Å². The molecule has 1 fully saturated rings. The van der Waals surface area contributed by atoms with E-state index in [1.54, 1.807) is 11.3 Å². The molecular weight excluding hydrogens is 412 g/mol. The van der Waals surface area contributed by atoms with Crippen LogP contribution in [0.4, 0.5) is 0 Å². The number of hydrogen-bond acceptors (Lipinski definition) is 8. The molecule has 4 rings (SSSR count). The van der Waals surface area contributed by atoms with E-state index in [2.05, 4.69) is 0 Å². The minimum Gasteiger partial charge on any atom is -0.494 e. The summed E-state index contributed by atoms with van der Waals surface area (Å²) in [4.78, 5) is 1.08. The van der Waals surface area contributed by atoms with Crippen molar-refractivity contribution < 1.29 is 29.9 Å². The molecule has 1 aromatic heterocycles. The summed E-state index contributed by atoms with van der Waals surface area (Å²) in [6, 6.07) is 10.0. The maximum atomic E-state index is 10.8. The summed E-state index contributed by atoms with van der Waals surface area (Å²) >= 11 is 2.89. The van der Waals surface area contributed by atoms with Gasteiger partial charge in [0.15, 0.2) is 4.93 Å². The van der Waals surface area contributed by atoms with Gasteiger partial charge in [0.2, 0.25) is 0 Å². The topological polar surface area (TPSA) is 99.4 Å². The normalized spacial score (nSPS) is 31.6. The SMILES string of the molecule is CCOc1ccc(Cc2cc3c(s2)CCO[C@]32S[C@H](CO)[C@@H](O)[C@H](O)[C@H]2O)cc1. The van der Waals surface area contributed by atoms with Crippen LogP contribution in [-0.2, 0) is 22.5 Å². The summed E-state index contributed by atoms with van der Waals surface area (Å²) in [5, 5.41) is 40.4. The molecule has 1 spiro atoms. The maximum Gasteiger partial charge on any atom is 0.169 e. The minimum absolute atomic E-state index is 0.306. The molecule has 0 aliphatic carbocycles. The summed E-state index contributed by atoms with van der Waals surface area (Å²) in [5.74, 6) is 0.846. The molecule has 1 saturated heterocycles. The highest BCUT2D eigenvalue weighted by molar-refractivity contribution is 8.00. The van der Waals surface area contributed by atoms with Crippen molar-refractivity contribution in [3.63, 3.8) is 0 Å². The lowest BCUT2D eigenvalue weighted by Gasteiger charge is -2.49. The fraction of sp³-hybridized carbons (Fsp3) is 0.524. The van der Waals surface area contributed by atoms with Gasteiger partial charge in [0.1, 0.15) is 18.0 Å². The van der Waals surface area contributed by atoms with Crippen LogP contribution in [0.25, 0.3) is 0 Å². The molecule has 0 saturated carbocycles. The molecule has 3 heterocycles. The first kappa shape index (κ1) is 21.1. The van der Waals surface area contributed by atoms with Gasteiger partial charge in [0.25, 0.3) is 0 Å². The Morgan fingerprint density at radius 3 is 2.62 bits per heavy atom. The lowest BCUT2D eigenvalue weighted by Crippen LogP contribution is -2.60. The second-order valence-electron chi connectivity index (χ2n) is 7.33. The monoisotopic (exact) mass is 438 g/mol. The fourth-order valence-electron chi connectivity index (χ4n) is 3.98. The molecule has 1 aromatic carbocycles. The molecule has 0 radical (unpaired) electrons. The summed E-state index contributed by atoms with van der Waals surface area (Å²) in [7, 11) is 0. The van der Waals surface area contributed by atoms with Crippen LogP contribution in [-0.4, -0.2) is 63.8 Å². The predicted molar refractivity (Wildman–Crippen MR) is 113 cm³/mol. The van der Waals surface area contributed by atoms with E-state index in [0.717, 1.165) is 39.5 Å². The van der Waals surface area contributed by atoms with Crippen LogP contribution in [0.5, 0.6) is 5.75 Å². The van der Waals surface area contributed by atoms with Crippen molar-refractivity contribution in [3.8, 4) is 5.75 Å². The highest BCUT2D eigenvalue weighted by atomic mass is 32.2. The van der Waals surface area contributed by atoms with E-state index in [0.29, 0.717) is 13.2 Å². The first-order valence-corrected chi connectivity index (χ1v) is 11.5. The zero-order valence-electron chi connectivity index (χ0n) is 16.2. The van der Waals surface area contributed by atoms with Crippen molar-refractivity contribution in [1.29, 1.82) is 0 Å². The Labute approximate surface area is 178 Å². The Kier molecular flexibility index (Phi) is 6.22. The molecule has 0 unspecified atom stereocenters. The van der Waals surface area contributed by atoms with Gasteiger partial charge in [-0.2, -0.15) is 0 Å². The molecule has 158 valence electrons. The number of aliphatic hydroxyl groups is 4. The number of thiophene rings is 1. The lowest BCUT2D eigenvalue weighted by molar-refractivity contribution is -0.155. The van der Waals surface area contributed by atoms with Gasteiger partial charge in [0.05, 0.1) is 31.2 Å². The van der Waals surface area contributed by atoms with E-state index in [1.165, 1.54) is 11.8 Å². The molecule has 8 heteroatoms. The second kappa shape index (κ2) is 8.55. The highest BCUT2D eigenvalue weighted by Gasteiger charge is 2.56. The molecule has 4 N–H and O–H groups in total. The standard InChI is InChI=1S/C21H26O6S2/c1-2-26-13-5-3-12(4-6-13)9-14-10-15-16(28-14)7-8-27-21(15)20(25)19(24)18(23)17(11-22)29-21/h3-6,10,17-20,22-25H,2,7-9,11H2,1H3/t17-,18-,19+,20-,21+/m1/s1. The summed E-state index contributed by atoms with van der Waals surface area (Å²) in [6.07, 6.45) is -2.39. The zero-order valence-corrected chi connectivity index (χ0v) is 17.8. The number of hydrogen-bond donors (Lipinski definition) is 4. The Bertz CT molecular complexity index is 836. The van der Waals surface area contributed by atoms with Gasteiger partial charge in [-0.1, -0.05) is 12.1 Å². The second-order valence-corrected chi connectivity index (χ2v) is 10.0. The quantitative estimate of drug-likeness (QED) is 0.563. The number of aliphatic hydroxyl groups excluding tert-OH is 4. The molecule has 2 aromatic rings. The van der Waals surface area contributed by atoms with Gasteiger partial charge in [-0.25, -0.2) is 0 Å². The summed E-state index contributed by atoms with van der Waals surface area (Å²) < 4.78 is 11.5. The van der Waals surface area contributed by atoms with Gasteiger partial charge in [0, 0.05) is 28.2 Å². The third-order valence-corrected chi connectivity index (χ3v) is 8.30. The number of ether oxygens (including phenoxy) is 2. The first-order chi connectivity index (χ1) is 14.0. The smallest absolute Gasteiger partial charge is 0.169 e. The van der Waals surface area contributed by atoms with Crippen LogP contribution >= 0.6 is 23.1 Å². The van der Waals surface area contributed by atoms with Gasteiger partial charge >= 0.3 is 0 Å². The number of thioether (sulfide) groups is 1. The third-order valence-electron chi connectivity index (χ3n) is 5.44. The number of benzene rings is 1. The van der Waals surface area contributed by atoms with E-state index < -0.39 is 28.5 Å². The molecule has 29 heavy (non-hydrogen) atoms. The number of rotatable bonds is 5. The van der Waals surface area contributed by atoms with Crippen LogP contribution < -0.4 is 4.74 Å². The van der Waals surface area contributed by atoms with Crippen LogP contribution in [0.3, 0.4) is 0 Å². The average molecular weight is 439 g/mol. The minimum atomic E-state index is -1.38. The van der Waals surface area contributed by atoms with E-state index in [-0.39, 0.29) is 6.61 Å². The van der Waals surface area contributed by atoms with Crippen molar-refractivity contribution in [2.45, 2.75) is 48.3 Å². The van der Waals surface area contributed by atoms with Crippen molar-refractivity contribution in [2.24, 2.45) is 0 Å². The maximum absolute atomic E-state index is 10.8. The largest absolute Gasteiger partial charge is 0.494 e. The van der Waals surface area contributed by atoms with E-state index >= 15 is 0 Å². The van der Waals surface area contributed by atoms with Gasteiger partial charge in [-0.15, -0.1) is 23.1 Å². The average Bonchev–Trinajstić information content (AvgIpc) is 3.14. The van der Waals surface area contributed by atoms with Crippen molar-refractivity contribution in [2.75, 3.05) is 19.8 Å². The lowest BCUT2D eigenvalue weighted by atomic mass is 9.92. The predicted octanol–water partition coefficient (Wildman–Crippen LogP) is 1.65. The van der Waals surface area contributed by atoms with Gasteiger partial charge in [-0.3, -0.25) is 0 Å². The number of fused-ring (bicyclic) bond motifs is 2. The zero-order chi connectivity index (χ0) is 20.6. The summed E-state index contributed by atoms with van der Waals surface area (Å²) in [5.41, 5.74) is 2.00. The Morgan fingerprint density at radius 1 is 1.17 bits per heavy atom. The Hall–Kier alpha value is -1.13. The first-order valence-electron chi connectivity index (χ1n) is 9.79. The molecule has 0 amide bonds. The molecule has 5 atom stereocenters. The van der Waals surface area contributed by atoms with Crippen LogP contribution in [0, 0.1) is 0 Å². The fourth-order valence-corrected chi connectivity index (χ4v) is 6.85. The third kappa shape index (κ3) is 3.83. The molecule has 2 aliphatic rings. The van der Waals surface area contributed by atoms with Crippen LogP contribution in [0.15, 0.2) is 30.3 Å². The molecule has 2 aliphatic heterocycles.